The molecule has 0 aliphatic heterocycles. The molecule has 2 aromatic rings. The van der Waals surface area contributed by atoms with Gasteiger partial charge < -0.3 is 27.2 Å². The molecule has 2 rings (SSSR count). The maximum Gasteiger partial charge on any atom is 0.490 e. The quantitative estimate of drug-likeness (QED) is 0.0533. The number of carboxylic acid groups (broad SMARTS) is 1. The van der Waals surface area contributed by atoms with Gasteiger partial charge in [-0.15, -0.1) is 0 Å². The van der Waals surface area contributed by atoms with E-state index in [4.69, 9.17) is 26.2 Å². The van der Waals surface area contributed by atoms with E-state index in [9.17, 15) is 22.4 Å². The van der Waals surface area contributed by atoms with Crippen molar-refractivity contribution in [3.63, 3.8) is 0 Å². The zero-order chi connectivity index (χ0) is 26.4. The first kappa shape index (κ1) is 30.3. The Balaban J connectivity index is 0.000000762. The molecule has 0 radical (unpaired) electrons. The van der Waals surface area contributed by atoms with Crippen molar-refractivity contribution in [3.05, 3.63) is 34.2 Å². The summed E-state index contributed by atoms with van der Waals surface area (Å²) >= 11 is 3.08. The molecular formula is C16H18BrF4N7O5S2. The van der Waals surface area contributed by atoms with Gasteiger partial charge >= 0.3 is 18.2 Å². The van der Waals surface area contributed by atoms with Gasteiger partial charge in [0.25, 0.3) is 0 Å². The van der Waals surface area contributed by atoms with Crippen LogP contribution in [0.2, 0.25) is 0 Å². The minimum absolute atomic E-state index is 0.0296. The van der Waals surface area contributed by atoms with E-state index in [0.717, 1.165) is 5.75 Å². The maximum absolute atomic E-state index is 13.4. The number of hydrogen-bond acceptors (Lipinski definition) is 11. The summed E-state index contributed by atoms with van der Waals surface area (Å²) in [5.74, 6) is -1.79. The number of carboxylic acids is 1. The first-order chi connectivity index (χ1) is 16.5. The number of amidine groups is 1. The first-order valence-corrected chi connectivity index (χ1v) is 12.3. The number of carbonyl (C=O) groups is 2. The van der Waals surface area contributed by atoms with Crippen LogP contribution < -0.4 is 22.1 Å². The Hall–Kier alpha value is -2.77. The monoisotopic (exact) mass is 607 g/mol. The number of rotatable bonds is 9. The van der Waals surface area contributed by atoms with Crippen molar-refractivity contribution in [2.45, 2.75) is 6.18 Å². The van der Waals surface area contributed by atoms with Crippen LogP contribution in [0.4, 0.5) is 33.9 Å². The second kappa shape index (κ2) is 15.3. The van der Waals surface area contributed by atoms with Gasteiger partial charge in [-0.1, -0.05) is 26.7 Å². The molecule has 0 spiro atoms. The van der Waals surface area contributed by atoms with Gasteiger partial charge in [0.1, 0.15) is 5.82 Å². The molecule has 0 bridgehead atoms. The number of nitrogens with one attached hydrogen (secondary N) is 2. The average Bonchev–Trinajstić information content (AvgIpc) is 3.21. The largest absolute Gasteiger partial charge is 0.490 e. The summed E-state index contributed by atoms with van der Waals surface area (Å²) < 4.78 is 49.9. The Morgan fingerprint density at radius 1 is 1.26 bits per heavy atom. The van der Waals surface area contributed by atoms with E-state index in [2.05, 4.69) is 46.7 Å². The van der Waals surface area contributed by atoms with E-state index in [-0.39, 0.29) is 21.8 Å². The normalized spacial score (nSPS) is 11.3. The number of anilines is 2. The van der Waals surface area contributed by atoms with E-state index in [1.54, 1.807) is 21.6 Å². The van der Waals surface area contributed by atoms with Gasteiger partial charge in [-0.2, -0.15) is 13.2 Å². The smallest absolute Gasteiger partial charge is 0.475 e. The molecule has 35 heavy (non-hydrogen) atoms. The van der Waals surface area contributed by atoms with Crippen molar-refractivity contribution in [2.24, 2.45) is 10.9 Å². The molecule has 1 aromatic carbocycles. The van der Waals surface area contributed by atoms with Crippen LogP contribution >= 0.6 is 37.5 Å². The Morgan fingerprint density at radius 3 is 2.46 bits per heavy atom. The molecule has 1 heterocycles. The number of oxime groups is 1. The minimum atomic E-state index is -5.08. The molecule has 0 atom stereocenters. The Labute approximate surface area is 211 Å². The molecular weight excluding hydrogens is 590 g/mol. The van der Waals surface area contributed by atoms with Gasteiger partial charge in [0.05, 0.1) is 4.47 Å². The maximum atomic E-state index is 13.4. The van der Waals surface area contributed by atoms with Crippen LogP contribution in [0.5, 0.6) is 0 Å². The molecule has 12 nitrogen and oxygen atoms in total. The van der Waals surface area contributed by atoms with E-state index in [1.165, 1.54) is 18.2 Å². The Bertz CT molecular complexity index is 1010. The number of halogens is 5. The predicted octanol–water partition coefficient (Wildman–Crippen LogP) is 3.03. The lowest BCUT2D eigenvalue weighted by atomic mass is 10.3. The lowest BCUT2D eigenvalue weighted by molar-refractivity contribution is -0.192. The number of alkyl halides is 3. The van der Waals surface area contributed by atoms with Crippen LogP contribution in [0, 0.1) is 5.82 Å². The van der Waals surface area contributed by atoms with Crippen LogP contribution in [0.3, 0.4) is 0 Å². The highest BCUT2D eigenvalue weighted by Gasteiger charge is 2.38. The first-order valence-electron chi connectivity index (χ1n) is 9.03. The van der Waals surface area contributed by atoms with Crippen LogP contribution in [0.25, 0.3) is 0 Å². The fourth-order valence-corrected chi connectivity index (χ4v) is 3.82. The standard InChI is InChI=1S/C14H17BrFN7O3S2.C2HF3O2/c15-9-7-8(1-2-10(9)16)20-13(11-12(18)22-26-21-11)23-25-14(24)19-4-6-28-27-5-3-17;3-2(4,5)1(6)7/h1-2,7H,3-6,17H2,(H2,18,22)(H,19,24)(H,20,23);(H,6,7). The van der Waals surface area contributed by atoms with Gasteiger partial charge in [0.2, 0.25) is 5.84 Å². The second-order valence-corrected chi connectivity index (χ2v) is 9.29. The summed E-state index contributed by atoms with van der Waals surface area (Å²) in [4.78, 5) is 25.5. The van der Waals surface area contributed by atoms with Gasteiger partial charge in [0.15, 0.2) is 11.5 Å². The van der Waals surface area contributed by atoms with Crippen LogP contribution in [-0.2, 0) is 9.63 Å². The van der Waals surface area contributed by atoms with Gasteiger partial charge in [-0.05, 0) is 44.4 Å². The molecule has 1 aromatic heterocycles. The number of aromatic nitrogens is 2. The molecule has 19 heteroatoms. The molecule has 194 valence electrons. The third-order valence-electron chi connectivity index (χ3n) is 3.12. The fraction of sp³-hybridized carbons (Fsp3) is 0.312. The Kier molecular flexibility index (Phi) is 13.2. The van der Waals surface area contributed by atoms with Crippen molar-refractivity contribution in [3.8, 4) is 0 Å². The molecule has 0 aliphatic carbocycles. The van der Waals surface area contributed by atoms with Crippen molar-refractivity contribution < 1.29 is 41.7 Å². The zero-order valence-corrected chi connectivity index (χ0v) is 20.6. The number of carbonyl (C=O) groups excluding carboxylic acids is 1. The lowest BCUT2D eigenvalue weighted by Gasteiger charge is -2.08. The number of nitrogen functional groups attached to an aromatic ring is 1. The van der Waals surface area contributed by atoms with Gasteiger partial charge in [-0.25, -0.2) is 18.6 Å². The summed E-state index contributed by atoms with van der Waals surface area (Å²) in [5, 5.41) is 23.3. The summed E-state index contributed by atoms with van der Waals surface area (Å²) in [7, 11) is 3.20. The topological polar surface area (TPSA) is 191 Å². The van der Waals surface area contributed by atoms with E-state index >= 15 is 0 Å². The molecule has 0 saturated carbocycles. The van der Waals surface area contributed by atoms with Crippen LogP contribution in [0.15, 0.2) is 32.5 Å². The van der Waals surface area contributed by atoms with E-state index in [1.807, 2.05) is 0 Å². The zero-order valence-electron chi connectivity index (χ0n) is 17.3. The van der Waals surface area contributed by atoms with Crippen molar-refractivity contribution in [1.29, 1.82) is 0 Å². The third kappa shape index (κ3) is 12.0. The molecule has 7 N–H and O–H groups in total. The van der Waals surface area contributed by atoms with Crippen molar-refractivity contribution in [2.75, 3.05) is 35.6 Å². The van der Waals surface area contributed by atoms with Crippen LogP contribution in [-0.4, -0.2) is 64.1 Å². The van der Waals surface area contributed by atoms with E-state index < -0.39 is 24.1 Å². The lowest BCUT2D eigenvalue weighted by Crippen LogP contribution is -2.26. The highest BCUT2D eigenvalue weighted by atomic mass is 79.9. The summed E-state index contributed by atoms with van der Waals surface area (Å²) in [6.45, 7) is 0.986. The highest BCUT2D eigenvalue weighted by Crippen LogP contribution is 2.21. The molecule has 0 fully saturated rings. The highest BCUT2D eigenvalue weighted by molar-refractivity contribution is 9.10. The number of aliphatic carboxylic acids is 1. The summed E-state index contributed by atoms with van der Waals surface area (Å²) in [6.07, 6.45) is -5.85. The van der Waals surface area contributed by atoms with Crippen LogP contribution in [0.1, 0.15) is 5.69 Å². The average molecular weight is 608 g/mol. The number of amides is 1. The van der Waals surface area contributed by atoms with Gasteiger partial charge in [0, 0.05) is 30.3 Å². The number of benzene rings is 1. The molecule has 1 amide bonds. The second-order valence-electron chi connectivity index (χ2n) is 5.73. The van der Waals surface area contributed by atoms with Crippen molar-refractivity contribution in [1.82, 2.24) is 15.6 Å². The van der Waals surface area contributed by atoms with Gasteiger partial charge in [-0.3, -0.25) is 4.84 Å². The predicted molar refractivity (Wildman–Crippen MR) is 125 cm³/mol. The third-order valence-corrected chi connectivity index (χ3v) is 6.17. The minimum Gasteiger partial charge on any atom is -0.475 e. The number of hydrogen-bond donors (Lipinski definition) is 5. The number of nitrogens with two attached hydrogens (primary N) is 2. The molecule has 0 saturated heterocycles. The summed E-state index contributed by atoms with van der Waals surface area (Å²) in [6, 6.07) is 4.16. The van der Waals surface area contributed by atoms with Crippen molar-refractivity contribution >= 4 is 66.9 Å². The number of nitrogens with zero attached hydrogens (tertiary/aromatic N) is 3. The van der Waals surface area contributed by atoms with E-state index in [0.29, 0.717) is 24.5 Å². The molecule has 0 aliphatic rings. The fourth-order valence-electron chi connectivity index (χ4n) is 1.68. The summed E-state index contributed by atoms with van der Waals surface area (Å²) in [5.41, 5.74) is 11.5. The Morgan fingerprint density at radius 2 is 1.91 bits per heavy atom. The SMILES string of the molecule is NCCSSCCNC(=O)O/N=C(\Nc1ccc(F)c(Br)c1)c1nonc1N.O=C(O)C(F)(F)F. The molecule has 0 unspecified atom stereocenters.